The first kappa shape index (κ1) is 19.3. The Morgan fingerprint density at radius 3 is 2.68 bits per heavy atom. The van der Waals surface area contributed by atoms with Crippen LogP contribution in [-0.4, -0.2) is 17.0 Å². The van der Waals surface area contributed by atoms with Crippen LogP contribution in [0.15, 0.2) is 53.7 Å². The Hall–Kier alpha value is -2.04. The molecule has 0 aliphatic carbocycles. The van der Waals surface area contributed by atoms with E-state index in [0.29, 0.717) is 23.6 Å². The number of carbonyl (C=O) groups excluding carboxylic acids is 1. The molecule has 142 valence electrons. The summed E-state index contributed by atoms with van der Waals surface area (Å²) in [4.78, 5) is 17.9. The van der Waals surface area contributed by atoms with Crippen LogP contribution in [0.3, 0.4) is 0 Å². The number of halogens is 1. The SMILES string of the molecule is COc1ccccc1-n1s/c(=N/OC(=O)c2sc3ccccc3c2Cl)sc1=S. The zero-order valence-electron chi connectivity index (χ0n) is 14.2. The lowest BCUT2D eigenvalue weighted by Crippen LogP contribution is -2.02. The number of nitrogens with zero attached hydrogens (tertiary/aromatic N) is 2. The fourth-order valence-electron chi connectivity index (χ4n) is 2.50. The zero-order chi connectivity index (χ0) is 19.7. The summed E-state index contributed by atoms with van der Waals surface area (Å²) in [6, 6.07) is 15.0. The van der Waals surface area contributed by atoms with Crippen molar-refractivity contribution in [2.24, 2.45) is 5.16 Å². The van der Waals surface area contributed by atoms with Gasteiger partial charge in [0.15, 0.2) is 3.95 Å². The van der Waals surface area contributed by atoms with E-state index in [9.17, 15) is 4.79 Å². The van der Waals surface area contributed by atoms with E-state index in [-0.39, 0.29) is 0 Å². The summed E-state index contributed by atoms with van der Waals surface area (Å²) in [5, 5.41) is 5.16. The van der Waals surface area contributed by atoms with E-state index in [2.05, 4.69) is 5.16 Å². The number of benzene rings is 2. The Morgan fingerprint density at radius 2 is 1.89 bits per heavy atom. The van der Waals surface area contributed by atoms with Gasteiger partial charge in [-0.2, -0.15) is 0 Å². The van der Waals surface area contributed by atoms with Crippen molar-refractivity contribution in [1.82, 2.24) is 3.96 Å². The van der Waals surface area contributed by atoms with Crippen LogP contribution in [0.5, 0.6) is 5.75 Å². The summed E-state index contributed by atoms with van der Waals surface area (Å²) in [7, 11) is 1.60. The molecule has 0 bridgehead atoms. The largest absolute Gasteiger partial charge is 0.495 e. The Balaban J connectivity index is 1.64. The number of aromatic nitrogens is 1. The molecule has 10 heteroatoms. The quantitative estimate of drug-likeness (QED) is 0.214. The number of hydrogen-bond acceptors (Lipinski definition) is 8. The van der Waals surface area contributed by atoms with Crippen LogP contribution < -0.4 is 8.72 Å². The van der Waals surface area contributed by atoms with Gasteiger partial charge in [-0.15, -0.1) is 11.3 Å². The molecular weight excluding hydrogens is 456 g/mol. The van der Waals surface area contributed by atoms with Crippen molar-refractivity contribution in [2.45, 2.75) is 0 Å². The van der Waals surface area contributed by atoms with Crippen molar-refractivity contribution in [3.63, 3.8) is 0 Å². The third-order valence-electron chi connectivity index (χ3n) is 3.74. The predicted molar refractivity (Wildman–Crippen MR) is 117 cm³/mol. The lowest BCUT2D eigenvalue weighted by molar-refractivity contribution is 0.0508. The lowest BCUT2D eigenvalue weighted by Gasteiger charge is -2.06. The van der Waals surface area contributed by atoms with Gasteiger partial charge in [0.25, 0.3) is 0 Å². The maximum Gasteiger partial charge on any atom is 0.377 e. The number of para-hydroxylation sites is 2. The second-order valence-corrected chi connectivity index (χ2v) is 9.65. The lowest BCUT2D eigenvalue weighted by atomic mass is 10.2. The first-order valence-corrected chi connectivity index (χ1v) is 11.1. The molecule has 0 radical (unpaired) electrons. The van der Waals surface area contributed by atoms with Gasteiger partial charge < -0.3 is 9.57 Å². The minimum absolute atomic E-state index is 0.323. The van der Waals surface area contributed by atoms with E-state index >= 15 is 0 Å². The van der Waals surface area contributed by atoms with Gasteiger partial charge in [-0.3, -0.25) is 0 Å². The van der Waals surface area contributed by atoms with Crippen molar-refractivity contribution in [3.05, 3.63) is 66.4 Å². The summed E-state index contributed by atoms with van der Waals surface area (Å²) in [6.45, 7) is 0. The normalized spacial score (nSPS) is 11.7. The predicted octanol–water partition coefficient (Wildman–Crippen LogP) is 5.88. The Bertz CT molecular complexity index is 1300. The van der Waals surface area contributed by atoms with Gasteiger partial charge in [-0.05, 0) is 41.9 Å². The molecule has 4 aromatic rings. The zero-order valence-corrected chi connectivity index (χ0v) is 18.3. The second-order valence-electron chi connectivity index (χ2n) is 5.40. The number of methoxy groups -OCH3 is 1. The summed E-state index contributed by atoms with van der Waals surface area (Å²) in [5.74, 6) is 0.0924. The number of carbonyl (C=O) groups is 1. The smallest absolute Gasteiger partial charge is 0.377 e. The molecule has 0 fully saturated rings. The molecule has 0 aliphatic rings. The van der Waals surface area contributed by atoms with Crippen molar-refractivity contribution < 1.29 is 14.4 Å². The van der Waals surface area contributed by atoms with E-state index in [1.165, 1.54) is 34.2 Å². The van der Waals surface area contributed by atoms with Gasteiger partial charge in [0, 0.05) is 10.1 Å². The van der Waals surface area contributed by atoms with Crippen LogP contribution in [0.25, 0.3) is 15.8 Å². The second kappa shape index (κ2) is 8.14. The van der Waals surface area contributed by atoms with Crippen LogP contribution in [0.1, 0.15) is 9.67 Å². The molecular formula is C18H11ClN2O3S4. The highest BCUT2D eigenvalue weighted by atomic mass is 35.5. The van der Waals surface area contributed by atoms with Gasteiger partial charge >= 0.3 is 5.97 Å². The first-order chi connectivity index (χ1) is 13.6. The van der Waals surface area contributed by atoms with Gasteiger partial charge in [0.2, 0.25) is 3.98 Å². The molecule has 2 aromatic carbocycles. The van der Waals surface area contributed by atoms with Gasteiger partial charge in [0.1, 0.15) is 16.3 Å². The van der Waals surface area contributed by atoms with Crippen LogP contribution in [0, 0.1) is 3.95 Å². The van der Waals surface area contributed by atoms with Crippen molar-refractivity contribution in [1.29, 1.82) is 0 Å². The van der Waals surface area contributed by atoms with E-state index in [0.717, 1.165) is 15.8 Å². The van der Waals surface area contributed by atoms with Crippen LogP contribution >= 0.6 is 58.0 Å². The maximum absolute atomic E-state index is 12.4. The third-order valence-corrected chi connectivity index (χ3v) is 7.93. The molecule has 0 N–H and O–H groups in total. The Labute approximate surface area is 181 Å². The maximum atomic E-state index is 12.4. The molecule has 0 saturated carbocycles. The van der Waals surface area contributed by atoms with Crippen molar-refractivity contribution in [2.75, 3.05) is 7.11 Å². The molecule has 2 heterocycles. The molecule has 4 rings (SSSR count). The Morgan fingerprint density at radius 1 is 1.14 bits per heavy atom. The molecule has 0 aliphatic heterocycles. The average molecular weight is 467 g/mol. The molecule has 2 aromatic heterocycles. The Kier molecular flexibility index (Phi) is 5.61. The van der Waals surface area contributed by atoms with E-state index < -0.39 is 5.97 Å². The van der Waals surface area contributed by atoms with Crippen LogP contribution in [0.2, 0.25) is 5.02 Å². The summed E-state index contributed by atoms with van der Waals surface area (Å²) in [6.07, 6.45) is 0. The first-order valence-electron chi connectivity index (χ1n) is 7.88. The highest BCUT2D eigenvalue weighted by Crippen LogP contribution is 2.35. The fourth-order valence-corrected chi connectivity index (χ4v) is 6.27. The molecule has 0 saturated heterocycles. The molecule has 0 unspecified atom stereocenters. The van der Waals surface area contributed by atoms with E-state index in [1.54, 1.807) is 11.1 Å². The topological polar surface area (TPSA) is 52.8 Å². The third kappa shape index (κ3) is 3.63. The number of ether oxygens (including phenoxy) is 1. The molecule has 28 heavy (non-hydrogen) atoms. The summed E-state index contributed by atoms with van der Waals surface area (Å²) in [5.41, 5.74) is 0.802. The highest BCUT2D eigenvalue weighted by Gasteiger charge is 2.18. The standard InChI is InChI=1S/C18H11ClN2O3S4/c1-23-12-8-4-3-7-11(12)21-18(25)27-17(28-21)20-24-16(22)15-14(19)10-6-2-5-9-13(10)26-15/h2-9H,1H3/b20-17+. The van der Waals surface area contributed by atoms with E-state index in [4.69, 9.17) is 33.4 Å². The van der Waals surface area contributed by atoms with Crippen molar-refractivity contribution in [3.8, 4) is 11.4 Å². The number of rotatable bonds is 4. The number of fused-ring (bicyclic) bond motifs is 1. The van der Waals surface area contributed by atoms with Crippen molar-refractivity contribution >= 4 is 74.1 Å². The summed E-state index contributed by atoms with van der Waals surface area (Å²) >= 11 is 15.5. The average Bonchev–Trinajstić information content (AvgIpc) is 3.26. The molecule has 0 atom stereocenters. The molecule has 0 amide bonds. The van der Waals surface area contributed by atoms with Gasteiger partial charge in [0.05, 0.1) is 12.1 Å². The minimum atomic E-state index is -0.596. The van der Waals surface area contributed by atoms with Crippen LogP contribution in [0.4, 0.5) is 0 Å². The highest BCUT2D eigenvalue weighted by molar-refractivity contribution is 7.73. The fraction of sp³-hybridized carbons (Fsp3) is 0.0556. The molecule has 0 spiro atoms. The summed E-state index contributed by atoms with van der Waals surface area (Å²) < 4.78 is 9.17. The minimum Gasteiger partial charge on any atom is -0.495 e. The van der Waals surface area contributed by atoms with Gasteiger partial charge in [-0.1, -0.05) is 58.4 Å². The van der Waals surface area contributed by atoms with E-state index in [1.807, 2.05) is 48.5 Å². The molecule has 5 nitrogen and oxygen atoms in total. The number of hydrogen-bond donors (Lipinski definition) is 0. The number of thiophene rings is 1. The van der Waals surface area contributed by atoms with Crippen LogP contribution in [-0.2, 0) is 4.84 Å². The van der Waals surface area contributed by atoms with Gasteiger partial charge in [-0.25, -0.2) is 8.75 Å². The monoisotopic (exact) mass is 466 g/mol.